The van der Waals surface area contributed by atoms with E-state index in [2.05, 4.69) is 14.9 Å². The van der Waals surface area contributed by atoms with Crippen LogP contribution in [0.4, 0.5) is 0 Å². The van der Waals surface area contributed by atoms with Gasteiger partial charge in [0.05, 0.1) is 11.4 Å². The maximum absolute atomic E-state index is 12.9. The van der Waals surface area contributed by atoms with Crippen LogP contribution in [0.5, 0.6) is 0 Å². The molecule has 11 heteroatoms. The van der Waals surface area contributed by atoms with Gasteiger partial charge in [0.25, 0.3) is 10.0 Å². The lowest BCUT2D eigenvalue weighted by molar-refractivity contribution is 0.242. The first-order valence-corrected chi connectivity index (χ1v) is 12.6. The Morgan fingerprint density at radius 2 is 2.07 bits per heavy atom. The summed E-state index contributed by atoms with van der Waals surface area (Å²) in [5, 5.41) is 8.34. The number of H-pyrrole nitrogens is 1. The van der Waals surface area contributed by atoms with Crippen LogP contribution in [0.25, 0.3) is 0 Å². The Bertz CT molecular complexity index is 962. The molecule has 1 atom stereocenters. The number of rotatable bonds is 7. The molecular weight excluding hydrogens is 408 g/mol. The fourth-order valence-corrected chi connectivity index (χ4v) is 7.73. The summed E-state index contributed by atoms with van der Waals surface area (Å²) in [5.74, 6) is 0. The zero-order chi connectivity index (χ0) is 19.7. The monoisotopic (exact) mass is 432 g/mol. The van der Waals surface area contributed by atoms with Crippen molar-refractivity contribution in [2.75, 3.05) is 13.1 Å². The Kier molecular flexibility index (Phi) is 6.06. The number of aryl methyl sites for hydroxylation is 2. The lowest BCUT2D eigenvalue weighted by Crippen LogP contribution is -2.44. The minimum Gasteiger partial charge on any atom is -0.281 e. The van der Waals surface area contributed by atoms with E-state index in [-0.39, 0.29) is 17.5 Å². The molecule has 1 aliphatic heterocycles. The number of thiophene rings is 1. The van der Waals surface area contributed by atoms with Gasteiger partial charge in [-0.25, -0.2) is 21.6 Å². The third-order valence-corrected chi connectivity index (χ3v) is 9.78. The minimum atomic E-state index is -3.68. The zero-order valence-corrected chi connectivity index (χ0v) is 17.8. The van der Waals surface area contributed by atoms with Crippen molar-refractivity contribution in [3.8, 4) is 0 Å². The van der Waals surface area contributed by atoms with Crippen molar-refractivity contribution < 1.29 is 16.8 Å². The third-order valence-electron chi connectivity index (χ3n) is 4.73. The first kappa shape index (κ1) is 20.5. The van der Waals surface area contributed by atoms with Crippen LogP contribution in [0.3, 0.4) is 0 Å². The molecule has 27 heavy (non-hydrogen) atoms. The van der Waals surface area contributed by atoms with Gasteiger partial charge in [-0.05, 0) is 44.6 Å². The molecule has 0 unspecified atom stereocenters. The number of aromatic nitrogens is 2. The Hall–Kier alpha value is -1.27. The summed E-state index contributed by atoms with van der Waals surface area (Å²) in [6.45, 7) is 3.94. The van der Waals surface area contributed by atoms with Gasteiger partial charge in [0.2, 0.25) is 10.0 Å². The largest absolute Gasteiger partial charge is 0.281 e. The fraction of sp³-hybridized carbons (Fsp3) is 0.562. The van der Waals surface area contributed by atoms with Gasteiger partial charge >= 0.3 is 0 Å². The van der Waals surface area contributed by atoms with Crippen LogP contribution in [0, 0.1) is 13.8 Å². The van der Waals surface area contributed by atoms with E-state index in [1.165, 1.54) is 15.6 Å². The predicted molar refractivity (Wildman–Crippen MR) is 104 cm³/mol. The Balaban J connectivity index is 1.69. The molecule has 1 fully saturated rings. The van der Waals surface area contributed by atoms with E-state index in [1.54, 1.807) is 31.4 Å². The van der Waals surface area contributed by atoms with Crippen LogP contribution in [0.2, 0.25) is 0 Å². The molecule has 2 N–H and O–H groups in total. The maximum atomic E-state index is 12.9. The topological polar surface area (TPSA) is 112 Å². The number of hydrogen-bond donors (Lipinski definition) is 2. The smallest absolute Gasteiger partial charge is 0.252 e. The van der Waals surface area contributed by atoms with E-state index in [1.807, 2.05) is 0 Å². The van der Waals surface area contributed by atoms with E-state index in [0.717, 1.165) is 19.3 Å². The molecule has 8 nitrogen and oxygen atoms in total. The highest BCUT2D eigenvalue weighted by molar-refractivity contribution is 7.91. The van der Waals surface area contributed by atoms with Gasteiger partial charge in [-0.1, -0.05) is 12.5 Å². The second-order valence-electron chi connectivity index (χ2n) is 6.65. The normalized spacial score (nSPS) is 19.4. The van der Waals surface area contributed by atoms with Crippen LogP contribution >= 0.6 is 11.3 Å². The van der Waals surface area contributed by atoms with E-state index in [4.69, 9.17) is 0 Å². The van der Waals surface area contributed by atoms with Crippen molar-refractivity contribution in [1.82, 2.24) is 19.2 Å². The molecule has 1 saturated heterocycles. The molecule has 3 heterocycles. The standard InChI is InChI=1S/C16H24N4O4S3/c1-12-16(13(2)19-18-12)26(21,22)17-9-8-14-6-3-4-10-20(14)27(23,24)15-7-5-11-25-15/h5,7,11,14,17H,3-4,6,8-10H2,1-2H3,(H,18,19)/t14-/m1/s1. The van der Waals surface area contributed by atoms with Gasteiger partial charge in [-0.3, -0.25) is 5.10 Å². The van der Waals surface area contributed by atoms with Crippen LogP contribution in [0.15, 0.2) is 26.6 Å². The molecule has 0 spiro atoms. The van der Waals surface area contributed by atoms with Crippen molar-refractivity contribution in [3.05, 3.63) is 28.9 Å². The highest BCUT2D eigenvalue weighted by atomic mass is 32.2. The minimum absolute atomic E-state index is 0.161. The van der Waals surface area contributed by atoms with Crippen LogP contribution in [0.1, 0.15) is 37.1 Å². The van der Waals surface area contributed by atoms with Gasteiger partial charge in [0, 0.05) is 19.1 Å². The number of sulfonamides is 2. The van der Waals surface area contributed by atoms with Crippen molar-refractivity contribution in [1.29, 1.82) is 0 Å². The first-order valence-electron chi connectivity index (χ1n) is 8.80. The number of nitrogens with one attached hydrogen (secondary N) is 2. The lowest BCUT2D eigenvalue weighted by Gasteiger charge is -2.34. The predicted octanol–water partition coefficient (Wildman–Crippen LogP) is 2.00. The van der Waals surface area contributed by atoms with E-state index < -0.39 is 20.0 Å². The first-order chi connectivity index (χ1) is 12.7. The summed E-state index contributed by atoms with van der Waals surface area (Å²) in [4.78, 5) is 0.161. The molecule has 2 aromatic rings. The van der Waals surface area contributed by atoms with Crippen molar-refractivity contribution in [2.24, 2.45) is 0 Å². The Morgan fingerprint density at radius 3 is 2.70 bits per heavy atom. The molecule has 3 rings (SSSR count). The maximum Gasteiger partial charge on any atom is 0.252 e. The number of piperidine rings is 1. The fourth-order valence-electron chi connectivity index (χ4n) is 3.47. The molecule has 2 aromatic heterocycles. The molecule has 1 aliphatic rings. The van der Waals surface area contributed by atoms with Gasteiger partial charge in [0.1, 0.15) is 9.10 Å². The highest BCUT2D eigenvalue weighted by Gasteiger charge is 2.34. The molecular formula is C16H24N4O4S3. The number of hydrogen-bond acceptors (Lipinski definition) is 6. The SMILES string of the molecule is Cc1n[nH]c(C)c1S(=O)(=O)NCC[C@H]1CCCCN1S(=O)(=O)c1cccs1. The molecule has 150 valence electrons. The molecule has 0 amide bonds. The molecule has 0 bridgehead atoms. The average molecular weight is 433 g/mol. The molecule has 0 aliphatic carbocycles. The van der Waals surface area contributed by atoms with Crippen molar-refractivity contribution >= 4 is 31.4 Å². The summed E-state index contributed by atoms with van der Waals surface area (Å²) in [7, 11) is -7.22. The average Bonchev–Trinajstić information content (AvgIpc) is 3.26. The molecule has 0 aromatic carbocycles. The second-order valence-corrected chi connectivity index (χ2v) is 11.4. The molecule has 0 radical (unpaired) electrons. The summed E-state index contributed by atoms with van der Waals surface area (Å²) in [6.07, 6.45) is 2.92. The quantitative estimate of drug-likeness (QED) is 0.695. The lowest BCUT2D eigenvalue weighted by atomic mass is 10.0. The van der Waals surface area contributed by atoms with Crippen molar-refractivity contribution in [2.45, 2.75) is 54.7 Å². The van der Waals surface area contributed by atoms with E-state index in [9.17, 15) is 16.8 Å². The van der Waals surface area contributed by atoms with Crippen LogP contribution in [-0.2, 0) is 20.0 Å². The zero-order valence-electron chi connectivity index (χ0n) is 15.3. The Morgan fingerprint density at radius 1 is 1.30 bits per heavy atom. The number of nitrogens with zero attached hydrogens (tertiary/aromatic N) is 2. The summed E-state index contributed by atoms with van der Waals surface area (Å²) in [5.41, 5.74) is 0.902. The Labute approximate surface area is 164 Å². The van der Waals surface area contributed by atoms with Crippen LogP contribution in [-0.4, -0.2) is 50.5 Å². The highest BCUT2D eigenvalue weighted by Crippen LogP contribution is 2.29. The summed E-state index contributed by atoms with van der Waals surface area (Å²) >= 11 is 1.20. The molecule has 0 saturated carbocycles. The van der Waals surface area contributed by atoms with Crippen molar-refractivity contribution in [3.63, 3.8) is 0 Å². The van der Waals surface area contributed by atoms with Gasteiger partial charge in [-0.2, -0.15) is 9.40 Å². The summed E-state index contributed by atoms with van der Waals surface area (Å²) < 4.78 is 55.3. The van der Waals surface area contributed by atoms with Crippen LogP contribution < -0.4 is 4.72 Å². The number of aromatic amines is 1. The second kappa shape index (κ2) is 8.00. The van der Waals surface area contributed by atoms with Gasteiger partial charge in [0.15, 0.2) is 0 Å². The van der Waals surface area contributed by atoms with Gasteiger partial charge < -0.3 is 0 Å². The van der Waals surface area contributed by atoms with E-state index >= 15 is 0 Å². The third kappa shape index (κ3) is 4.27. The van der Waals surface area contributed by atoms with Gasteiger partial charge in [-0.15, -0.1) is 11.3 Å². The van der Waals surface area contributed by atoms with E-state index in [0.29, 0.717) is 28.6 Å². The summed E-state index contributed by atoms with van der Waals surface area (Å²) in [6, 6.07) is 3.12.